The average Bonchev–Trinajstić information content (AvgIpc) is 2.80. The van der Waals surface area contributed by atoms with Crippen LogP contribution in [0, 0.1) is 6.92 Å². The van der Waals surface area contributed by atoms with Crippen molar-refractivity contribution in [2.24, 2.45) is 7.05 Å². The van der Waals surface area contributed by atoms with Gasteiger partial charge in [-0.15, -0.1) is 0 Å². The highest BCUT2D eigenvalue weighted by Gasteiger charge is 2.34. The molecular formula is C17H26N4O. The summed E-state index contributed by atoms with van der Waals surface area (Å²) in [5.74, 6) is 0. The Morgan fingerprint density at radius 1 is 1.36 bits per heavy atom. The molecule has 1 fully saturated rings. The standard InChI is InChI=1S/C17H26N4O/c1-13-14-6-7-15(18-16(14)20(3)19-13)17(2)8-5-9-21(12-17)10-11-22-4/h6-7H,5,8-12H2,1-4H3. The lowest BCUT2D eigenvalue weighted by atomic mass is 9.78. The van der Waals surface area contributed by atoms with Crippen molar-refractivity contribution in [2.75, 3.05) is 33.4 Å². The Morgan fingerprint density at radius 2 is 2.18 bits per heavy atom. The molecule has 0 spiro atoms. The zero-order valence-electron chi connectivity index (χ0n) is 14.1. The van der Waals surface area contributed by atoms with Gasteiger partial charge >= 0.3 is 0 Å². The van der Waals surface area contributed by atoms with Gasteiger partial charge in [-0.25, -0.2) is 4.98 Å². The number of methoxy groups -OCH3 is 1. The van der Waals surface area contributed by atoms with E-state index in [2.05, 4.69) is 29.1 Å². The van der Waals surface area contributed by atoms with E-state index < -0.39 is 0 Å². The molecule has 1 saturated heterocycles. The van der Waals surface area contributed by atoms with E-state index in [1.54, 1.807) is 7.11 Å². The van der Waals surface area contributed by atoms with E-state index in [9.17, 15) is 0 Å². The third-order valence-corrected chi connectivity index (χ3v) is 4.88. The molecule has 0 N–H and O–H groups in total. The Balaban J connectivity index is 1.89. The van der Waals surface area contributed by atoms with Crippen molar-refractivity contribution in [1.29, 1.82) is 0 Å². The van der Waals surface area contributed by atoms with Gasteiger partial charge in [0.1, 0.15) is 0 Å². The highest BCUT2D eigenvalue weighted by atomic mass is 16.5. The molecule has 3 heterocycles. The molecular weight excluding hydrogens is 276 g/mol. The fraction of sp³-hybridized carbons (Fsp3) is 0.647. The fourth-order valence-electron chi connectivity index (χ4n) is 3.60. The monoisotopic (exact) mass is 302 g/mol. The van der Waals surface area contributed by atoms with Gasteiger partial charge in [-0.1, -0.05) is 6.92 Å². The van der Waals surface area contributed by atoms with Crippen LogP contribution in [0.2, 0.25) is 0 Å². The van der Waals surface area contributed by atoms with Crippen molar-refractivity contribution in [1.82, 2.24) is 19.7 Å². The summed E-state index contributed by atoms with van der Waals surface area (Å²) in [5.41, 5.74) is 3.33. The summed E-state index contributed by atoms with van der Waals surface area (Å²) < 4.78 is 7.12. The van der Waals surface area contributed by atoms with Crippen molar-refractivity contribution in [3.05, 3.63) is 23.5 Å². The van der Waals surface area contributed by atoms with Crippen molar-refractivity contribution in [2.45, 2.75) is 32.1 Å². The Hall–Kier alpha value is -1.46. The second-order valence-corrected chi connectivity index (χ2v) is 6.71. The van der Waals surface area contributed by atoms with Crippen LogP contribution in [0.4, 0.5) is 0 Å². The number of ether oxygens (including phenoxy) is 1. The first kappa shape index (κ1) is 15.4. The Morgan fingerprint density at radius 3 is 2.95 bits per heavy atom. The minimum atomic E-state index is 0.109. The summed E-state index contributed by atoms with van der Waals surface area (Å²) in [4.78, 5) is 7.44. The topological polar surface area (TPSA) is 43.2 Å². The molecule has 0 bridgehead atoms. The van der Waals surface area contributed by atoms with Crippen molar-refractivity contribution in [3.63, 3.8) is 0 Å². The lowest BCUT2D eigenvalue weighted by Gasteiger charge is -2.40. The van der Waals surface area contributed by atoms with Crippen LogP contribution in [-0.4, -0.2) is 53.0 Å². The van der Waals surface area contributed by atoms with Gasteiger partial charge in [0.15, 0.2) is 5.65 Å². The molecule has 1 unspecified atom stereocenters. The number of aromatic nitrogens is 3. The first-order valence-electron chi connectivity index (χ1n) is 8.06. The van der Waals surface area contributed by atoms with Crippen LogP contribution in [0.1, 0.15) is 31.2 Å². The van der Waals surface area contributed by atoms with Crippen LogP contribution < -0.4 is 0 Å². The molecule has 3 rings (SSSR count). The molecule has 5 heteroatoms. The maximum atomic E-state index is 5.23. The van der Waals surface area contributed by atoms with E-state index in [4.69, 9.17) is 9.72 Å². The molecule has 1 atom stereocenters. The van der Waals surface area contributed by atoms with Gasteiger partial charge in [-0.05, 0) is 38.4 Å². The number of hydrogen-bond acceptors (Lipinski definition) is 4. The predicted molar refractivity (Wildman–Crippen MR) is 88.1 cm³/mol. The number of aryl methyl sites for hydroxylation is 2. The van der Waals surface area contributed by atoms with Crippen LogP contribution in [0.3, 0.4) is 0 Å². The second-order valence-electron chi connectivity index (χ2n) is 6.71. The number of pyridine rings is 1. The lowest BCUT2D eigenvalue weighted by molar-refractivity contribution is 0.105. The Kier molecular flexibility index (Phi) is 4.19. The number of fused-ring (bicyclic) bond motifs is 1. The van der Waals surface area contributed by atoms with Crippen molar-refractivity contribution < 1.29 is 4.74 Å². The number of likely N-dealkylation sites (tertiary alicyclic amines) is 1. The highest BCUT2D eigenvalue weighted by Crippen LogP contribution is 2.33. The minimum Gasteiger partial charge on any atom is -0.383 e. The number of nitrogens with zero attached hydrogens (tertiary/aromatic N) is 4. The molecule has 1 aliphatic heterocycles. The van der Waals surface area contributed by atoms with Crippen LogP contribution >= 0.6 is 0 Å². The molecule has 0 saturated carbocycles. The molecule has 1 aliphatic rings. The van der Waals surface area contributed by atoms with Crippen molar-refractivity contribution >= 4 is 11.0 Å². The van der Waals surface area contributed by atoms with Gasteiger partial charge in [0, 0.05) is 38.0 Å². The summed E-state index contributed by atoms with van der Waals surface area (Å²) in [5, 5.41) is 5.64. The van der Waals surface area contributed by atoms with Crippen LogP contribution in [0.25, 0.3) is 11.0 Å². The summed E-state index contributed by atoms with van der Waals surface area (Å²) >= 11 is 0. The number of hydrogen-bond donors (Lipinski definition) is 0. The smallest absolute Gasteiger partial charge is 0.158 e. The maximum Gasteiger partial charge on any atom is 0.158 e. The van der Waals surface area contributed by atoms with E-state index in [1.807, 2.05) is 18.7 Å². The Bertz CT molecular complexity index is 666. The lowest BCUT2D eigenvalue weighted by Crippen LogP contribution is -2.45. The number of piperidine rings is 1. The summed E-state index contributed by atoms with van der Waals surface area (Å²) in [6, 6.07) is 4.37. The van der Waals surface area contributed by atoms with Crippen molar-refractivity contribution in [3.8, 4) is 0 Å². The Labute approximate surface area is 132 Å². The van der Waals surface area contributed by atoms with Crippen LogP contribution in [0.5, 0.6) is 0 Å². The zero-order chi connectivity index (χ0) is 15.7. The van der Waals surface area contributed by atoms with E-state index in [-0.39, 0.29) is 5.41 Å². The molecule has 22 heavy (non-hydrogen) atoms. The fourth-order valence-corrected chi connectivity index (χ4v) is 3.60. The first-order chi connectivity index (χ1) is 10.5. The minimum absolute atomic E-state index is 0.109. The summed E-state index contributed by atoms with van der Waals surface area (Å²) in [7, 11) is 3.74. The normalized spacial score (nSPS) is 23.3. The first-order valence-corrected chi connectivity index (χ1v) is 8.06. The van der Waals surface area contributed by atoms with E-state index in [0.29, 0.717) is 0 Å². The van der Waals surface area contributed by atoms with Gasteiger partial charge in [0.2, 0.25) is 0 Å². The molecule has 5 nitrogen and oxygen atoms in total. The van der Waals surface area contributed by atoms with Gasteiger partial charge in [-0.3, -0.25) is 4.68 Å². The SMILES string of the molecule is COCCN1CCCC(C)(c2ccc3c(C)nn(C)c3n2)C1. The molecule has 0 aliphatic carbocycles. The molecule has 0 aromatic carbocycles. The summed E-state index contributed by atoms with van der Waals surface area (Å²) in [6.07, 6.45) is 2.40. The van der Waals surface area contributed by atoms with Crippen LogP contribution in [0.15, 0.2) is 12.1 Å². The van der Waals surface area contributed by atoms with E-state index >= 15 is 0 Å². The summed E-state index contributed by atoms with van der Waals surface area (Å²) in [6.45, 7) is 8.38. The van der Waals surface area contributed by atoms with Gasteiger partial charge in [0.05, 0.1) is 18.0 Å². The van der Waals surface area contributed by atoms with E-state index in [0.717, 1.165) is 43.0 Å². The van der Waals surface area contributed by atoms with Gasteiger partial charge in [0.25, 0.3) is 0 Å². The maximum absolute atomic E-state index is 5.23. The van der Waals surface area contributed by atoms with Gasteiger partial charge < -0.3 is 9.64 Å². The third kappa shape index (κ3) is 2.75. The second kappa shape index (κ2) is 5.97. The largest absolute Gasteiger partial charge is 0.383 e. The third-order valence-electron chi connectivity index (χ3n) is 4.88. The van der Waals surface area contributed by atoms with Crippen LogP contribution in [-0.2, 0) is 17.2 Å². The molecule has 2 aromatic heterocycles. The molecule has 2 aromatic rings. The quantitative estimate of drug-likeness (QED) is 0.869. The number of rotatable bonds is 4. The van der Waals surface area contributed by atoms with E-state index in [1.165, 1.54) is 18.5 Å². The zero-order valence-corrected chi connectivity index (χ0v) is 14.1. The highest BCUT2D eigenvalue weighted by molar-refractivity contribution is 5.78. The molecule has 0 radical (unpaired) electrons. The molecule has 120 valence electrons. The molecule has 0 amide bonds. The average molecular weight is 302 g/mol. The van der Waals surface area contributed by atoms with Gasteiger partial charge in [-0.2, -0.15) is 5.10 Å². The predicted octanol–water partition coefficient (Wildman–Crippen LogP) is 2.28.